The van der Waals surface area contributed by atoms with Gasteiger partial charge >= 0.3 is 0 Å². The van der Waals surface area contributed by atoms with Crippen LogP contribution in [0.3, 0.4) is 0 Å². The fraction of sp³-hybridized carbons (Fsp3) is 0.200. The van der Waals surface area contributed by atoms with Crippen LogP contribution in [0.25, 0.3) is 0 Å². The molecule has 1 amide bonds. The van der Waals surface area contributed by atoms with Gasteiger partial charge in [-0.15, -0.1) is 0 Å². The van der Waals surface area contributed by atoms with Gasteiger partial charge in [0.1, 0.15) is 11.6 Å². The number of nitrogens with one attached hydrogen (secondary N) is 2. The lowest BCUT2D eigenvalue weighted by molar-refractivity contribution is -0.112. The molecule has 2 aromatic rings. The summed E-state index contributed by atoms with van der Waals surface area (Å²) in [5, 5.41) is 15.0. The van der Waals surface area contributed by atoms with Crippen LogP contribution in [0.5, 0.6) is 0 Å². The van der Waals surface area contributed by atoms with E-state index in [2.05, 4.69) is 47.1 Å². The molecule has 0 aliphatic rings. The molecule has 25 heavy (non-hydrogen) atoms. The Bertz CT molecular complexity index is 833. The van der Waals surface area contributed by atoms with Gasteiger partial charge in [0, 0.05) is 21.1 Å². The highest BCUT2D eigenvalue weighted by Gasteiger charge is 2.10. The average Bonchev–Trinajstić information content (AvgIpc) is 2.57. The molecule has 0 radical (unpaired) electrons. The average molecular weight is 445 g/mol. The molecular weight excluding hydrogens is 425 g/mol. The smallest absolute Gasteiger partial charge is 0.267 e. The minimum atomic E-state index is -0.435. The summed E-state index contributed by atoms with van der Waals surface area (Å²) >= 11 is 2.24. The molecule has 2 aromatic carbocycles. The van der Waals surface area contributed by atoms with Crippen LogP contribution >= 0.6 is 22.6 Å². The van der Waals surface area contributed by atoms with Gasteiger partial charge in [0.15, 0.2) is 0 Å². The van der Waals surface area contributed by atoms with Gasteiger partial charge in [0.2, 0.25) is 0 Å². The summed E-state index contributed by atoms with van der Waals surface area (Å²) in [6.07, 6.45) is 1.44. The Morgan fingerprint density at radius 2 is 1.88 bits per heavy atom. The summed E-state index contributed by atoms with van der Waals surface area (Å²) in [6, 6.07) is 15.5. The normalized spacial score (nSPS) is 11.1. The summed E-state index contributed by atoms with van der Waals surface area (Å²) < 4.78 is 1.13. The van der Waals surface area contributed by atoms with E-state index < -0.39 is 5.91 Å². The van der Waals surface area contributed by atoms with Crippen molar-refractivity contribution in [2.75, 3.05) is 10.6 Å². The predicted octanol–water partition coefficient (Wildman–Crippen LogP) is 5.18. The van der Waals surface area contributed by atoms with Crippen molar-refractivity contribution in [2.24, 2.45) is 0 Å². The molecule has 0 spiro atoms. The highest BCUT2D eigenvalue weighted by Crippen LogP contribution is 2.19. The van der Waals surface area contributed by atoms with Crippen LogP contribution in [0, 0.1) is 21.8 Å². The Labute approximate surface area is 162 Å². The maximum atomic E-state index is 12.3. The number of amides is 1. The Balaban J connectivity index is 2.08. The molecule has 0 aliphatic carbocycles. The summed E-state index contributed by atoms with van der Waals surface area (Å²) in [5.41, 5.74) is 3.80. The third-order valence-electron chi connectivity index (χ3n) is 3.76. The first-order valence-corrected chi connectivity index (χ1v) is 9.03. The van der Waals surface area contributed by atoms with Crippen molar-refractivity contribution in [2.45, 2.75) is 26.7 Å². The van der Waals surface area contributed by atoms with Crippen molar-refractivity contribution < 1.29 is 4.79 Å². The minimum Gasteiger partial charge on any atom is -0.360 e. The SMILES string of the molecule is Cc1cc(I)ccc1N/C=C(/C#N)C(=O)Nc1ccc(C(C)C)cc1. The molecule has 2 N–H and O–H groups in total. The molecule has 0 aromatic heterocycles. The van der Waals surface area contributed by atoms with Gasteiger partial charge < -0.3 is 10.6 Å². The van der Waals surface area contributed by atoms with E-state index in [0.717, 1.165) is 14.8 Å². The molecule has 0 fully saturated rings. The molecule has 0 atom stereocenters. The molecule has 0 aliphatic heterocycles. The van der Waals surface area contributed by atoms with Gasteiger partial charge in [-0.25, -0.2) is 0 Å². The molecule has 0 bridgehead atoms. The predicted molar refractivity (Wildman–Crippen MR) is 110 cm³/mol. The Morgan fingerprint density at radius 1 is 1.20 bits per heavy atom. The van der Waals surface area contributed by atoms with E-state index >= 15 is 0 Å². The molecular formula is C20H20IN3O. The summed E-state index contributed by atoms with van der Waals surface area (Å²) in [5.74, 6) is -0.00356. The van der Waals surface area contributed by atoms with Crippen LogP contribution < -0.4 is 10.6 Å². The maximum absolute atomic E-state index is 12.3. The van der Waals surface area contributed by atoms with Crippen LogP contribution in [-0.2, 0) is 4.79 Å². The lowest BCUT2D eigenvalue weighted by Gasteiger charge is -2.09. The molecule has 0 saturated heterocycles. The monoisotopic (exact) mass is 445 g/mol. The molecule has 128 valence electrons. The quantitative estimate of drug-likeness (QED) is 0.379. The number of aryl methyl sites for hydroxylation is 1. The van der Waals surface area contributed by atoms with Crippen molar-refractivity contribution in [3.8, 4) is 6.07 Å². The van der Waals surface area contributed by atoms with Gasteiger partial charge in [-0.05, 0) is 76.9 Å². The van der Waals surface area contributed by atoms with Crippen LogP contribution in [-0.4, -0.2) is 5.91 Å². The molecule has 5 heteroatoms. The maximum Gasteiger partial charge on any atom is 0.267 e. The van der Waals surface area contributed by atoms with Gasteiger partial charge in [0.25, 0.3) is 5.91 Å². The molecule has 0 unspecified atom stereocenters. The first-order valence-electron chi connectivity index (χ1n) is 7.95. The lowest BCUT2D eigenvalue weighted by Crippen LogP contribution is -2.14. The van der Waals surface area contributed by atoms with E-state index in [1.54, 1.807) is 0 Å². The van der Waals surface area contributed by atoms with Crippen molar-refractivity contribution >= 4 is 39.9 Å². The minimum absolute atomic E-state index is 0.0193. The fourth-order valence-electron chi connectivity index (χ4n) is 2.24. The van der Waals surface area contributed by atoms with E-state index in [1.807, 2.05) is 55.5 Å². The third kappa shape index (κ3) is 5.33. The van der Waals surface area contributed by atoms with Crippen LogP contribution in [0.15, 0.2) is 54.2 Å². The van der Waals surface area contributed by atoms with E-state index in [4.69, 9.17) is 0 Å². The first-order chi connectivity index (χ1) is 11.9. The number of hydrogen-bond acceptors (Lipinski definition) is 3. The van der Waals surface area contributed by atoms with Crippen LogP contribution in [0.2, 0.25) is 0 Å². The fourth-order valence-corrected chi connectivity index (χ4v) is 2.88. The van der Waals surface area contributed by atoms with Crippen LogP contribution in [0.1, 0.15) is 30.9 Å². The van der Waals surface area contributed by atoms with Crippen molar-refractivity contribution in [3.05, 3.63) is 68.9 Å². The number of hydrogen-bond donors (Lipinski definition) is 2. The van der Waals surface area contributed by atoms with Gasteiger partial charge in [-0.2, -0.15) is 5.26 Å². The van der Waals surface area contributed by atoms with Crippen molar-refractivity contribution in [1.82, 2.24) is 0 Å². The topological polar surface area (TPSA) is 64.9 Å². The number of rotatable bonds is 5. The van der Waals surface area contributed by atoms with E-state index in [1.165, 1.54) is 11.8 Å². The van der Waals surface area contributed by atoms with Crippen molar-refractivity contribution in [1.29, 1.82) is 5.26 Å². The number of anilines is 2. The Morgan fingerprint density at radius 3 is 2.44 bits per heavy atom. The second-order valence-electron chi connectivity index (χ2n) is 6.00. The molecule has 0 saturated carbocycles. The number of carbonyl (C=O) groups is 1. The Hall–Kier alpha value is -2.33. The largest absolute Gasteiger partial charge is 0.360 e. The molecule has 4 nitrogen and oxygen atoms in total. The molecule has 2 rings (SSSR count). The molecule has 0 heterocycles. The number of nitrogens with zero attached hydrogens (tertiary/aromatic N) is 1. The van der Waals surface area contributed by atoms with Gasteiger partial charge in [-0.1, -0.05) is 26.0 Å². The summed E-state index contributed by atoms with van der Waals surface area (Å²) in [6.45, 7) is 6.20. The second kappa shape index (κ2) is 8.67. The zero-order valence-electron chi connectivity index (χ0n) is 14.4. The highest BCUT2D eigenvalue weighted by atomic mass is 127. The van der Waals surface area contributed by atoms with Crippen LogP contribution in [0.4, 0.5) is 11.4 Å². The summed E-state index contributed by atoms with van der Waals surface area (Å²) in [7, 11) is 0. The number of nitriles is 1. The van der Waals surface area contributed by atoms with Crippen molar-refractivity contribution in [3.63, 3.8) is 0 Å². The number of benzene rings is 2. The number of carbonyl (C=O) groups excluding carboxylic acids is 1. The third-order valence-corrected chi connectivity index (χ3v) is 4.43. The Kier molecular flexibility index (Phi) is 6.59. The second-order valence-corrected chi connectivity index (χ2v) is 7.25. The standard InChI is InChI=1S/C20H20IN3O/c1-13(2)15-4-7-18(8-5-15)24-20(25)16(11-22)12-23-19-9-6-17(21)10-14(19)3/h4-10,12-13,23H,1-3H3,(H,24,25)/b16-12-. The van der Waals surface area contributed by atoms with Gasteiger partial charge in [-0.3, -0.25) is 4.79 Å². The number of halogens is 1. The zero-order valence-corrected chi connectivity index (χ0v) is 16.6. The van der Waals surface area contributed by atoms with E-state index in [-0.39, 0.29) is 5.57 Å². The van der Waals surface area contributed by atoms with Gasteiger partial charge in [0.05, 0.1) is 0 Å². The summed E-state index contributed by atoms with van der Waals surface area (Å²) in [4.78, 5) is 12.3. The first kappa shape index (κ1) is 19.0. The highest BCUT2D eigenvalue weighted by molar-refractivity contribution is 14.1. The van der Waals surface area contributed by atoms with E-state index in [9.17, 15) is 10.1 Å². The zero-order chi connectivity index (χ0) is 18.4. The lowest BCUT2D eigenvalue weighted by atomic mass is 10.0. The van der Waals surface area contributed by atoms with E-state index in [0.29, 0.717) is 11.6 Å².